The Morgan fingerprint density at radius 1 is 1.28 bits per heavy atom. The van der Waals surface area contributed by atoms with Crippen LogP contribution in [0, 0.1) is 11.8 Å². The van der Waals surface area contributed by atoms with Crippen LogP contribution < -0.4 is 10.2 Å². The first-order valence-electron chi connectivity index (χ1n) is 7.13. The van der Waals surface area contributed by atoms with Crippen LogP contribution in [0.25, 0.3) is 0 Å². The molecule has 0 spiro atoms. The Labute approximate surface area is 111 Å². The molecule has 0 amide bonds. The summed E-state index contributed by atoms with van der Waals surface area (Å²) in [6, 6.07) is 2.23. The highest BCUT2D eigenvalue weighted by Crippen LogP contribution is 2.27. The molecule has 2 rings (SSSR count). The van der Waals surface area contributed by atoms with E-state index in [1.807, 2.05) is 12.4 Å². The van der Waals surface area contributed by atoms with Crippen molar-refractivity contribution in [2.75, 3.05) is 29.9 Å². The average Bonchev–Trinajstić information content (AvgIpc) is 2.35. The molecular weight excluding hydrogens is 222 g/mol. The number of rotatable bonds is 4. The fourth-order valence-electron chi connectivity index (χ4n) is 2.84. The average molecular weight is 247 g/mol. The molecule has 0 saturated carbocycles. The van der Waals surface area contributed by atoms with Gasteiger partial charge in [0, 0.05) is 19.6 Å². The second-order valence-electron chi connectivity index (χ2n) is 5.71. The van der Waals surface area contributed by atoms with Crippen molar-refractivity contribution in [2.45, 2.75) is 33.6 Å². The lowest BCUT2D eigenvalue weighted by Crippen LogP contribution is -2.38. The topological polar surface area (TPSA) is 28.2 Å². The van der Waals surface area contributed by atoms with E-state index < -0.39 is 0 Å². The van der Waals surface area contributed by atoms with E-state index in [0.29, 0.717) is 0 Å². The van der Waals surface area contributed by atoms with E-state index >= 15 is 0 Å². The van der Waals surface area contributed by atoms with Crippen molar-refractivity contribution in [2.24, 2.45) is 11.8 Å². The number of hydrogen-bond acceptors (Lipinski definition) is 3. The van der Waals surface area contributed by atoms with Gasteiger partial charge in [0.1, 0.15) is 0 Å². The third kappa shape index (κ3) is 3.37. The maximum absolute atomic E-state index is 4.36. The Morgan fingerprint density at radius 3 is 2.67 bits per heavy atom. The smallest absolute Gasteiger partial charge is 0.0573 e. The number of anilines is 2. The van der Waals surface area contributed by atoms with Crippen molar-refractivity contribution in [3.05, 3.63) is 18.5 Å². The molecule has 0 bridgehead atoms. The summed E-state index contributed by atoms with van der Waals surface area (Å²) in [7, 11) is 0. The summed E-state index contributed by atoms with van der Waals surface area (Å²) in [5.41, 5.74) is 2.40. The van der Waals surface area contributed by atoms with E-state index in [4.69, 9.17) is 0 Å². The Kier molecular flexibility index (Phi) is 4.45. The van der Waals surface area contributed by atoms with Crippen LogP contribution in [0.2, 0.25) is 0 Å². The number of piperidine rings is 1. The second-order valence-corrected chi connectivity index (χ2v) is 5.71. The van der Waals surface area contributed by atoms with Gasteiger partial charge in [0.2, 0.25) is 0 Å². The molecule has 18 heavy (non-hydrogen) atoms. The van der Waals surface area contributed by atoms with Crippen LogP contribution in [-0.4, -0.2) is 24.6 Å². The van der Waals surface area contributed by atoms with E-state index in [2.05, 4.69) is 42.0 Å². The summed E-state index contributed by atoms with van der Waals surface area (Å²) >= 11 is 0. The minimum absolute atomic E-state index is 0.779. The number of nitrogens with zero attached hydrogens (tertiary/aromatic N) is 2. The summed E-state index contributed by atoms with van der Waals surface area (Å²) in [5, 5.41) is 3.41. The first kappa shape index (κ1) is 13.2. The molecule has 3 nitrogen and oxygen atoms in total. The van der Waals surface area contributed by atoms with Gasteiger partial charge in [0.15, 0.2) is 0 Å². The van der Waals surface area contributed by atoms with E-state index in [1.54, 1.807) is 0 Å². The summed E-state index contributed by atoms with van der Waals surface area (Å²) in [4.78, 5) is 6.83. The van der Waals surface area contributed by atoms with Crippen LogP contribution >= 0.6 is 0 Å². The van der Waals surface area contributed by atoms with Gasteiger partial charge in [-0.3, -0.25) is 4.98 Å². The van der Waals surface area contributed by atoms with Crippen LogP contribution in [0.4, 0.5) is 11.4 Å². The summed E-state index contributed by atoms with van der Waals surface area (Å²) in [6.07, 6.45) is 6.39. The quantitative estimate of drug-likeness (QED) is 0.884. The second kappa shape index (κ2) is 6.07. The molecular formula is C15H25N3. The zero-order valence-corrected chi connectivity index (χ0v) is 11.8. The highest BCUT2D eigenvalue weighted by Gasteiger charge is 2.22. The van der Waals surface area contributed by atoms with E-state index in [0.717, 1.165) is 43.6 Å². The molecule has 100 valence electrons. The molecule has 1 N–H and O–H groups in total. The number of nitrogens with one attached hydrogen (secondary N) is 1. The lowest BCUT2D eigenvalue weighted by molar-refractivity contribution is 0.357. The standard InChI is InChI=1S/C15H25N3/c1-4-5-17-14-7-15(9-16-8-14)18-10-12(2)6-13(3)11-18/h7-9,12-13,17H,4-6,10-11H2,1-3H3. The molecule has 1 aliphatic heterocycles. The summed E-state index contributed by atoms with van der Waals surface area (Å²) in [5.74, 6) is 1.56. The fourth-order valence-corrected chi connectivity index (χ4v) is 2.84. The molecule has 1 aliphatic rings. The molecule has 2 unspecified atom stereocenters. The van der Waals surface area contributed by atoms with Crippen molar-refractivity contribution in [1.29, 1.82) is 0 Å². The predicted molar refractivity (Wildman–Crippen MR) is 78.2 cm³/mol. The highest BCUT2D eigenvalue weighted by molar-refractivity contribution is 5.55. The minimum Gasteiger partial charge on any atom is -0.384 e. The zero-order chi connectivity index (χ0) is 13.0. The van der Waals surface area contributed by atoms with Gasteiger partial charge >= 0.3 is 0 Å². The van der Waals surface area contributed by atoms with Crippen molar-refractivity contribution in [3.63, 3.8) is 0 Å². The first-order chi connectivity index (χ1) is 8.69. The SMILES string of the molecule is CCCNc1cncc(N2CC(C)CC(C)C2)c1. The molecule has 0 aliphatic carbocycles. The van der Waals surface area contributed by atoms with Gasteiger partial charge < -0.3 is 10.2 Å². The third-order valence-electron chi connectivity index (χ3n) is 3.54. The van der Waals surface area contributed by atoms with Gasteiger partial charge in [-0.15, -0.1) is 0 Å². The van der Waals surface area contributed by atoms with Gasteiger partial charge in [0.05, 0.1) is 23.8 Å². The molecule has 2 atom stereocenters. The lowest BCUT2D eigenvalue weighted by atomic mass is 9.91. The van der Waals surface area contributed by atoms with Crippen LogP contribution in [-0.2, 0) is 0 Å². The summed E-state index contributed by atoms with van der Waals surface area (Å²) < 4.78 is 0. The largest absolute Gasteiger partial charge is 0.384 e. The fraction of sp³-hybridized carbons (Fsp3) is 0.667. The van der Waals surface area contributed by atoms with E-state index in [-0.39, 0.29) is 0 Å². The molecule has 3 heteroatoms. The van der Waals surface area contributed by atoms with Gasteiger partial charge in [0.25, 0.3) is 0 Å². The maximum atomic E-state index is 4.36. The number of pyridine rings is 1. The Morgan fingerprint density at radius 2 is 2.00 bits per heavy atom. The number of hydrogen-bond donors (Lipinski definition) is 1. The van der Waals surface area contributed by atoms with Crippen LogP contribution in [0.1, 0.15) is 33.6 Å². The Bertz CT molecular complexity index is 368. The van der Waals surface area contributed by atoms with E-state index in [1.165, 1.54) is 12.1 Å². The molecule has 1 saturated heterocycles. The molecule has 1 aromatic rings. The van der Waals surface area contributed by atoms with Crippen LogP contribution in [0.3, 0.4) is 0 Å². The first-order valence-corrected chi connectivity index (χ1v) is 7.13. The van der Waals surface area contributed by atoms with Crippen molar-refractivity contribution in [3.8, 4) is 0 Å². The van der Waals surface area contributed by atoms with Gasteiger partial charge in [-0.25, -0.2) is 0 Å². The molecule has 2 heterocycles. The van der Waals surface area contributed by atoms with Gasteiger partial charge in [-0.05, 0) is 30.7 Å². The van der Waals surface area contributed by atoms with Crippen molar-refractivity contribution >= 4 is 11.4 Å². The minimum atomic E-state index is 0.779. The van der Waals surface area contributed by atoms with Crippen molar-refractivity contribution < 1.29 is 0 Å². The number of aromatic nitrogens is 1. The molecule has 0 radical (unpaired) electrons. The molecule has 1 aromatic heterocycles. The molecule has 0 aromatic carbocycles. The third-order valence-corrected chi connectivity index (χ3v) is 3.54. The molecule has 1 fully saturated rings. The zero-order valence-electron chi connectivity index (χ0n) is 11.8. The van der Waals surface area contributed by atoms with Gasteiger partial charge in [-0.1, -0.05) is 20.8 Å². The monoisotopic (exact) mass is 247 g/mol. The van der Waals surface area contributed by atoms with Crippen LogP contribution in [0.5, 0.6) is 0 Å². The lowest BCUT2D eigenvalue weighted by Gasteiger charge is -2.36. The predicted octanol–water partition coefficient (Wildman–Crippen LogP) is 3.39. The van der Waals surface area contributed by atoms with Crippen molar-refractivity contribution in [1.82, 2.24) is 4.98 Å². The normalized spacial score (nSPS) is 24.1. The Hall–Kier alpha value is -1.25. The van der Waals surface area contributed by atoms with E-state index in [9.17, 15) is 0 Å². The van der Waals surface area contributed by atoms with Gasteiger partial charge in [-0.2, -0.15) is 0 Å². The Balaban J connectivity index is 2.07. The van der Waals surface area contributed by atoms with Crippen LogP contribution in [0.15, 0.2) is 18.5 Å². The highest BCUT2D eigenvalue weighted by atomic mass is 15.1. The maximum Gasteiger partial charge on any atom is 0.0573 e. The summed E-state index contributed by atoms with van der Waals surface area (Å²) in [6.45, 7) is 10.2.